The zero-order valence-corrected chi connectivity index (χ0v) is 13.1. The van der Waals surface area contributed by atoms with Gasteiger partial charge < -0.3 is 14.8 Å². The van der Waals surface area contributed by atoms with E-state index in [1.54, 1.807) is 38.3 Å². The van der Waals surface area contributed by atoms with Crippen molar-refractivity contribution in [2.24, 2.45) is 0 Å². The van der Waals surface area contributed by atoms with E-state index in [1.807, 2.05) is 0 Å². The normalized spacial score (nSPS) is 10.3. The van der Waals surface area contributed by atoms with Crippen molar-refractivity contribution in [3.05, 3.63) is 47.0 Å². The summed E-state index contributed by atoms with van der Waals surface area (Å²) < 4.78 is 10.5. The maximum atomic E-state index is 12.2. The van der Waals surface area contributed by atoms with E-state index in [0.29, 0.717) is 35.5 Å². The number of hydrogen-bond acceptors (Lipinski definition) is 5. The number of aromatic nitrogens is 2. The van der Waals surface area contributed by atoms with E-state index in [2.05, 4.69) is 15.3 Å². The maximum Gasteiger partial charge on any atom is 0.274 e. The van der Waals surface area contributed by atoms with E-state index >= 15 is 0 Å². The van der Waals surface area contributed by atoms with Crippen LogP contribution in [0.1, 0.15) is 16.3 Å². The number of halogens is 1. The summed E-state index contributed by atoms with van der Waals surface area (Å²) in [5.41, 5.74) is 0.750. The zero-order chi connectivity index (χ0) is 15.9. The second-order valence-corrected chi connectivity index (χ2v) is 4.81. The molecule has 1 heterocycles. The average Bonchev–Trinajstić information content (AvgIpc) is 2.50. The van der Waals surface area contributed by atoms with Crippen molar-refractivity contribution in [3.8, 4) is 5.75 Å². The smallest absolute Gasteiger partial charge is 0.274 e. The molecule has 2 aromatic rings. The van der Waals surface area contributed by atoms with Crippen LogP contribution in [0.3, 0.4) is 0 Å². The highest BCUT2D eigenvalue weighted by Crippen LogP contribution is 2.33. The number of anilines is 1. The fourth-order valence-corrected chi connectivity index (χ4v) is 1.98. The van der Waals surface area contributed by atoms with Crippen LogP contribution in [-0.2, 0) is 4.74 Å². The van der Waals surface area contributed by atoms with Crippen LogP contribution in [0.4, 0.5) is 5.69 Å². The SMILES string of the molecule is COCCOc1c(Cl)cccc1NC(=O)c1ccnc(C)n1. The van der Waals surface area contributed by atoms with Crippen LogP contribution in [0.5, 0.6) is 5.75 Å². The summed E-state index contributed by atoms with van der Waals surface area (Å²) in [7, 11) is 1.58. The second-order valence-electron chi connectivity index (χ2n) is 4.40. The quantitative estimate of drug-likeness (QED) is 0.828. The van der Waals surface area contributed by atoms with Crippen molar-refractivity contribution < 1.29 is 14.3 Å². The standard InChI is InChI=1S/C15H16ClN3O3/c1-10-17-7-6-13(18-10)15(20)19-12-5-3-4-11(16)14(12)22-9-8-21-2/h3-7H,8-9H2,1-2H3,(H,19,20). The Hall–Kier alpha value is -2.18. The molecule has 0 spiro atoms. The van der Waals surface area contributed by atoms with Gasteiger partial charge in [-0.3, -0.25) is 4.79 Å². The number of ether oxygens (including phenoxy) is 2. The number of hydrogen-bond donors (Lipinski definition) is 1. The van der Waals surface area contributed by atoms with Gasteiger partial charge in [-0.25, -0.2) is 9.97 Å². The second kappa shape index (κ2) is 7.72. The Morgan fingerprint density at radius 3 is 2.86 bits per heavy atom. The molecular weight excluding hydrogens is 306 g/mol. The molecule has 1 amide bonds. The van der Waals surface area contributed by atoms with E-state index in [1.165, 1.54) is 6.20 Å². The zero-order valence-electron chi connectivity index (χ0n) is 12.3. The minimum Gasteiger partial charge on any atom is -0.487 e. The highest BCUT2D eigenvalue weighted by atomic mass is 35.5. The van der Waals surface area contributed by atoms with Crippen LogP contribution in [0, 0.1) is 6.92 Å². The number of methoxy groups -OCH3 is 1. The molecule has 0 radical (unpaired) electrons. The Morgan fingerprint density at radius 1 is 1.32 bits per heavy atom. The van der Waals surface area contributed by atoms with Crippen LogP contribution in [0.2, 0.25) is 5.02 Å². The largest absolute Gasteiger partial charge is 0.487 e. The predicted octanol–water partition coefficient (Wildman–Crippen LogP) is 2.72. The van der Waals surface area contributed by atoms with Gasteiger partial charge in [0.1, 0.15) is 18.1 Å². The monoisotopic (exact) mass is 321 g/mol. The van der Waals surface area contributed by atoms with E-state index < -0.39 is 0 Å². The fourth-order valence-electron chi connectivity index (χ4n) is 1.75. The van der Waals surface area contributed by atoms with Crippen molar-refractivity contribution >= 4 is 23.2 Å². The number of rotatable bonds is 6. The molecule has 0 aliphatic rings. The molecule has 1 N–H and O–H groups in total. The van der Waals surface area contributed by atoms with Gasteiger partial charge in [0.05, 0.1) is 17.3 Å². The van der Waals surface area contributed by atoms with Crippen molar-refractivity contribution in [1.29, 1.82) is 0 Å². The molecule has 1 aromatic heterocycles. The highest BCUT2D eigenvalue weighted by Gasteiger charge is 2.14. The average molecular weight is 322 g/mol. The van der Waals surface area contributed by atoms with Crippen molar-refractivity contribution in [2.45, 2.75) is 6.92 Å². The van der Waals surface area contributed by atoms with Crippen LogP contribution < -0.4 is 10.1 Å². The van der Waals surface area contributed by atoms with Gasteiger partial charge in [0.25, 0.3) is 5.91 Å². The van der Waals surface area contributed by atoms with Crippen LogP contribution >= 0.6 is 11.6 Å². The third-order valence-electron chi connectivity index (χ3n) is 2.76. The topological polar surface area (TPSA) is 73.3 Å². The molecule has 0 fully saturated rings. The van der Waals surface area contributed by atoms with Crippen LogP contribution in [-0.4, -0.2) is 36.2 Å². The number of benzene rings is 1. The summed E-state index contributed by atoms with van der Waals surface area (Å²) in [6, 6.07) is 6.67. The summed E-state index contributed by atoms with van der Waals surface area (Å²) in [5, 5.41) is 3.15. The Kier molecular flexibility index (Phi) is 5.68. The van der Waals surface area contributed by atoms with Crippen molar-refractivity contribution in [1.82, 2.24) is 9.97 Å². The summed E-state index contributed by atoms with van der Waals surface area (Å²) >= 11 is 6.12. The van der Waals surface area contributed by atoms with Gasteiger partial charge in [0, 0.05) is 13.3 Å². The minimum absolute atomic E-state index is 0.273. The van der Waals surface area contributed by atoms with E-state index in [4.69, 9.17) is 21.1 Å². The van der Waals surface area contributed by atoms with Gasteiger partial charge in [-0.2, -0.15) is 0 Å². The molecule has 1 aromatic carbocycles. The summed E-state index contributed by atoms with van der Waals surface area (Å²) in [5.74, 6) is 0.569. The third kappa shape index (κ3) is 4.16. The van der Waals surface area contributed by atoms with E-state index in [9.17, 15) is 4.79 Å². The van der Waals surface area contributed by atoms with Crippen molar-refractivity contribution in [2.75, 3.05) is 25.6 Å². The molecule has 0 aliphatic heterocycles. The Morgan fingerprint density at radius 2 is 2.14 bits per heavy atom. The number of para-hydroxylation sites is 1. The number of nitrogens with zero attached hydrogens (tertiary/aromatic N) is 2. The first-order valence-corrected chi connectivity index (χ1v) is 7.01. The van der Waals surface area contributed by atoms with Gasteiger partial charge in [-0.05, 0) is 25.1 Å². The molecule has 0 bridgehead atoms. The number of carbonyl (C=O) groups excluding carboxylic acids is 1. The maximum absolute atomic E-state index is 12.2. The van der Waals surface area contributed by atoms with E-state index in [0.717, 1.165) is 0 Å². The van der Waals surface area contributed by atoms with Gasteiger partial charge in [-0.1, -0.05) is 17.7 Å². The Balaban J connectivity index is 2.18. The third-order valence-corrected chi connectivity index (χ3v) is 3.06. The Bertz CT molecular complexity index is 664. The first-order valence-electron chi connectivity index (χ1n) is 6.63. The number of nitrogens with one attached hydrogen (secondary N) is 1. The molecule has 6 nitrogen and oxygen atoms in total. The minimum atomic E-state index is -0.357. The number of aryl methyl sites for hydroxylation is 1. The van der Waals surface area contributed by atoms with Gasteiger partial charge in [0.15, 0.2) is 5.75 Å². The molecular formula is C15H16ClN3O3. The van der Waals surface area contributed by atoms with E-state index in [-0.39, 0.29) is 11.6 Å². The summed E-state index contributed by atoms with van der Waals surface area (Å²) in [6.45, 7) is 2.47. The molecule has 0 unspecified atom stereocenters. The first kappa shape index (κ1) is 16.2. The highest BCUT2D eigenvalue weighted by molar-refractivity contribution is 6.32. The van der Waals surface area contributed by atoms with Gasteiger partial charge in [-0.15, -0.1) is 0 Å². The fraction of sp³-hybridized carbons (Fsp3) is 0.267. The van der Waals surface area contributed by atoms with Crippen molar-refractivity contribution in [3.63, 3.8) is 0 Å². The molecule has 116 valence electrons. The molecule has 22 heavy (non-hydrogen) atoms. The lowest BCUT2D eigenvalue weighted by atomic mass is 10.2. The van der Waals surface area contributed by atoms with Gasteiger partial charge >= 0.3 is 0 Å². The van der Waals surface area contributed by atoms with Crippen LogP contribution in [0.25, 0.3) is 0 Å². The van der Waals surface area contributed by atoms with Crippen LogP contribution in [0.15, 0.2) is 30.5 Å². The Labute approximate surface area is 133 Å². The molecule has 0 aliphatic carbocycles. The molecule has 2 rings (SSSR count). The predicted molar refractivity (Wildman–Crippen MR) is 83.5 cm³/mol. The summed E-state index contributed by atoms with van der Waals surface area (Å²) in [4.78, 5) is 20.3. The summed E-state index contributed by atoms with van der Waals surface area (Å²) in [6.07, 6.45) is 1.53. The van der Waals surface area contributed by atoms with Gasteiger partial charge in [0.2, 0.25) is 0 Å². The molecule has 0 saturated heterocycles. The number of carbonyl (C=O) groups is 1. The molecule has 7 heteroatoms. The number of amides is 1. The molecule has 0 atom stereocenters. The lowest BCUT2D eigenvalue weighted by Gasteiger charge is -2.13. The first-order chi connectivity index (χ1) is 10.6. The molecule has 0 saturated carbocycles. The lowest BCUT2D eigenvalue weighted by molar-refractivity contribution is 0.102. The lowest BCUT2D eigenvalue weighted by Crippen LogP contribution is -2.16.